The van der Waals surface area contributed by atoms with Gasteiger partial charge in [-0.1, -0.05) is 29.8 Å². The van der Waals surface area contributed by atoms with E-state index < -0.39 is 6.04 Å². The standard InChI is InChI=1S/C14H13Br3N2O2/c1-14(2)5-10(20)13(11(21)6-14)19-18-12-8(16)3-7(15)4-9(12)17/h3-4,13H,5-6H2,1-2H3. The van der Waals surface area contributed by atoms with E-state index in [4.69, 9.17) is 0 Å². The Morgan fingerprint density at radius 3 is 2.00 bits per heavy atom. The van der Waals surface area contributed by atoms with Crippen LogP contribution in [0, 0.1) is 5.41 Å². The quantitative estimate of drug-likeness (QED) is 0.421. The number of benzene rings is 1. The lowest BCUT2D eigenvalue weighted by atomic mass is 9.74. The van der Waals surface area contributed by atoms with Gasteiger partial charge in [-0.05, 0) is 49.4 Å². The average molecular weight is 481 g/mol. The molecular formula is C14H13Br3N2O2. The van der Waals surface area contributed by atoms with Gasteiger partial charge in [0.15, 0.2) is 17.6 Å². The van der Waals surface area contributed by atoms with Crippen LogP contribution in [0.3, 0.4) is 0 Å². The van der Waals surface area contributed by atoms with Gasteiger partial charge in [0.05, 0.1) is 0 Å². The molecule has 0 N–H and O–H groups in total. The molecule has 0 amide bonds. The van der Waals surface area contributed by atoms with E-state index in [1.807, 2.05) is 26.0 Å². The molecule has 1 aromatic carbocycles. The van der Waals surface area contributed by atoms with E-state index >= 15 is 0 Å². The fourth-order valence-electron chi connectivity index (χ4n) is 2.25. The van der Waals surface area contributed by atoms with Crippen molar-refractivity contribution in [2.45, 2.75) is 32.7 Å². The number of halogens is 3. The van der Waals surface area contributed by atoms with E-state index in [1.54, 1.807) is 0 Å². The molecule has 7 heteroatoms. The number of hydrogen-bond acceptors (Lipinski definition) is 4. The number of carbonyl (C=O) groups is 2. The highest BCUT2D eigenvalue weighted by atomic mass is 79.9. The third-order valence-electron chi connectivity index (χ3n) is 3.17. The molecule has 112 valence electrons. The fourth-order valence-corrected chi connectivity index (χ4v) is 4.67. The summed E-state index contributed by atoms with van der Waals surface area (Å²) in [4.78, 5) is 24.1. The highest BCUT2D eigenvalue weighted by Crippen LogP contribution is 2.38. The molecule has 0 aliphatic heterocycles. The summed E-state index contributed by atoms with van der Waals surface area (Å²) in [5.41, 5.74) is 0.280. The highest BCUT2D eigenvalue weighted by molar-refractivity contribution is 9.11. The zero-order chi connectivity index (χ0) is 15.8. The lowest BCUT2D eigenvalue weighted by molar-refractivity contribution is -0.135. The van der Waals surface area contributed by atoms with Crippen molar-refractivity contribution in [2.75, 3.05) is 0 Å². The summed E-state index contributed by atoms with van der Waals surface area (Å²) < 4.78 is 2.33. The normalized spacial score (nSPS) is 19.5. The molecule has 0 spiro atoms. The minimum absolute atomic E-state index is 0.163. The molecule has 21 heavy (non-hydrogen) atoms. The monoisotopic (exact) mass is 478 g/mol. The van der Waals surface area contributed by atoms with Crippen LogP contribution in [0.2, 0.25) is 0 Å². The van der Waals surface area contributed by atoms with E-state index in [9.17, 15) is 9.59 Å². The van der Waals surface area contributed by atoms with Crippen LogP contribution in [-0.2, 0) is 9.59 Å². The summed E-state index contributed by atoms with van der Waals surface area (Å²) in [7, 11) is 0. The van der Waals surface area contributed by atoms with E-state index in [2.05, 4.69) is 58.0 Å². The first-order valence-electron chi connectivity index (χ1n) is 6.30. The maximum atomic E-state index is 12.1. The van der Waals surface area contributed by atoms with Crippen LogP contribution in [0.1, 0.15) is 26.7 Å². The summed E-state index contributed by atoms with van der Waals surface area (Å²) in [6.07, 6.45) is 0.705. The van der Waals surface area contributed by atoms with Crippen LogP contribution >= 0.6 is 47.8 Å². The van der Waals surface area contributed by atoms with Gasteiger partial charge >= 0.3 is 0 Å². The van der Waals surface area contributed by atoms with Crippen molar-refractivity contribution in [2.24, 2.45) is 15.6 Å². The molecule has 0 saturated heterocycles. The summed E-state index contributed by atoms with van der Waals surface area (Å²) in [6.45, 7) is 3.83. The second-order valence-corrected chi connectivity index (χ2v) is 8.41. The van der Waals surface area contributed by atoms with E-state index in [-0.39, 0.29) is 17.0 Å². The Morgan fingerprint density at radius 1 is 1.05 bits per heavy atom. The first-order chi connectivity index (χ1) is 9.69. The van der Waals surface area contributed by atoms with Crippen LogP contribution in [0.5, 0.6) is 0 Å². The number of ketones is 2. The van der Waals surface area contributed by atoms with Gasteiger partial charge in [-0.2, -0.15) is 10.2 Å². The van der Waals surface area contributed by atoms with E-state index in [0.717, 1.165) is 13.4 Å². The Morgan fingerprint density at radius 2 is 1.52 bits per heavy atom. The van der Waals surface area contributed by atoms with Gasteiger partial charge in [0, 0.05) is 26.3 Å². The molecular weight excluding hydrogens is 468 g/mol. The molecule has 0 heterocycles. The first kappa shape index (κ1) is 17.0. The minimum atomic E-state index is -0.972. The number of hydrogen-bond donors (Lipinski definition) is 0. The third kappa shape index (κ3) is 4.07. The molecule has 0 bridgehead atoms. The van der Waals surface area contributed by atoms with Gasteiger partial charge < -0.3 is 0 Å². The predicted molar refractivity (Wildman–Crippen MR) is 90.9 cm³/mol. The van der Waals surface area contributed by atoms with Gasteiger partial charge in [-0.15, -0.1) is 0 Å². The first-order valence-corrected chi connectivity index (χ1v) is 8.68. The molecule has 4 nitrogen and oxygen atoms in total. The topological polar surface area (TPSA) is 58.9 Å². The number of nitrogens with zero attached hydrogens (tertiary/aromatic N) is 2. The van der Waals surface area contributed by atoms with E-state index in [0.29, 0.717) is 18.5 Å². The summed E-state index contributed by atoms with van der Waals surface area (Å²) in [5.74, 6) is -0.325. The molecule has 0 radical (unpaired) electrons. The average Bonchev–Trinajstić information content (AvgIpc) is 2.29. The molecule has 2 rings (SSSR count). The summed E-state index contributed by atoms with van der Waals surface area (Å²) in [5, 5.41) is 8.07. The van der Waals surface area contributed by atoms with Crippen molar-refractivity contribution in [3.8, 4) is 0 Å². The van der Waals surface area contributed by atoms with Crippen molar-refractivity contribution in [1.82, 2.24) is 0 Å². The SMILES string of the molecule is CC1(C)CC(=O)C(N=Nc2c(Br)cc(Br)cc2Br)C(=O)C1. The zero-order valence-electron chi connectivity index (χ0n) is 11.5. The van der Waals surface area contributed by atoms with Crippen LogP contribution in [0.4, 0.5) is 5.69 Å². The molecule has 1 aliphatic rings. The minimum Gasteiger partial charge on any atom is -0.297 e. The highest BCUT2D eigenvalue weighted by Gasteiger charge is 2.39. The van der Waals surface area contributed by atoms with Crippen molar-refractivity contribution < 1.29 is 9.59 Å². The molecule has 0 atom stereocenters. The van der Waals surface area contributed by atoms with Crippen molar-refractivity contribution in [3.05, 3.63) is 25.6 Å². The fraction of sp³-hybridized carbons (Fsp3) is 0.429. The van der Waals surface area contributed by atoms with Crippen LogP contribution < -0.4 is 0 Å². The van der Waals surface area contributed by atoms with Crippen molar-refractivity contribution in [1.29, 1.82) is 0 Å². The number of carbonyl (C=O) groups excluding carboxylic acids is 2. The van der Waals surface area contributed by atoms with Gasteiger partial charge in [-0.25, -0.2) is 0 Å². The maximum absolute atomic E-state index is 12.1. The predicted octanol–water partition coefficient (Wildman–Crippen LogP) is 5.38. The summed E-state index contributed by atoms with van der Waals surface area (Å²) in [6, 6.07) is 2.68. The Hall–Kier alpha value is -0.400. The van der Waals surface area contributed by atoms with Crippen LogP contribution in [-0.4, -0.2) is 17.6 Å². The maximum Gasteiger partial charge on any atom is 0.187 e. The lowest BCUT2D eigenvalue weighted by Crippen LogP contribution is -2.40. The van der Waals surface area contributed by atoms with Crippen LogP contribution in [0.25, 0.3) is 0 Å². The Balaban J connectivity index is 2.26. The largest absolute Gasteiger partial charge is 0.297 e. The van der Waals surface area contributed by atoms with Gasteiger partial charge in [-0.3, -0.25) is 9.59 Å². The second kappa shape index (κ2) is 6.38. The molecule has 1 saturated carbocycles. The third-order valence-corrected chi connectivity index (χ3v) is 4.84. The Bertz CT molecular complexity index is 598. The molecule has 1 fully saturated rings. The number of Topliss-reactive ketones (excluding diaryl/α,β-unsaturated/α-hetero) is 2. The van der Waals surface area contributed by atoms with Gasteiger partial charge in [0.25, 0.3) is 0 Å². The van der Waals surface area contributed by atoms with Gasteiger partial charge in [0.2, 0.25) is 0 Å². The number of rotatable bonds is 2. The van der Waals surface area contributed by atoms with Crippen LogP contribution in [0.15, 0.2) is 35.8 Å². The zero-order valence-corrected chi connectivity index (χ0v) is 16.2. The second-order valence-electron chi connectivity index (χ2n) is 5.79. The molecule has 1 aliphatic carbocycles. The smallest absolute Gasteiger partial charge is 0.187 e. The molecule has 1 aromatic rings. The lowest BCUT2D eigenvalue weighted by Gasteiger charge is -2.29. The number of azo groups is 1. The van der Waals surface area contributed by atoms with Crippen molar-refractivity contribution >= 4 is 65.0 Å². The van der Waals surface area contributed by atoms with E-state index in [1.165, 1.54) is 0 Å². The Kier molecular flexibility index (Phi) is 5.15. The van der Waals surface area contributed by atoms with Crippen molar-refractivity contribution in [3.63, 3.8) is 0 Å². The molecule has 0 unspecified atom stereocenters. The summed E-state index contributed by atoms with van der Waals surface area (Å²) >= 11 is 10.1. The molecule has 0 aromatic heterocycles. The van der Waals surface area contributed by atoms with Gasteiger partial charge in [0.1, 0.15) is 5.69 Å². The Labute approximate surface area is 148 Å².